The van der Waals surface area contributed by atoms with E-state index >= 15 is 0 Å². The lowest BCUT2D eigenvalue weighted by Crippen LogP contribution is -2.50. The molecule has 0 aromatic heterocycles. The largest absolute Gasteiger partial charge is 0.347 e. The highest BCUT2D eigenvalue weighted by atomic mass is 32.2. The molecule has 3 rings (SSSR count). The number of benzene rings is 1. The first-order valence-corrected chi connectivity index (χ1v) is 11.2. The summed E-state index contributed by atoms with van der Waals surface area (Å²) in [5.41, 5.74) is 1.47. The van der Waals surface area contributed by atoms with Gasteiger partial charge in [0.2, 0.25) is 15.9 Å². The first kappa shape index (κ1) is 20.1. The second-order valence-corrected chi connectivity index (χ2v) is 9.38. The number of likely N-dealkylation sites (tertiary alicyclic amines) is 1. The SMILES string of the molecule is CC(C)c1ccccc1N(CC(=O)N1CCC2(CC1)OCCO2)S(C)(=O)=O. The number of hydrogen-bond acceptors (Lipinski definition) is 5. The number of anilines is 1. The molecule has 0 bridgehead atoms. The maximum atomic E-state index is 12.9. The lowest BCUT2D eigenvalue weighted by Gasteiger charge is -2.38. The van der Waals surface area contributed by atoms with Crippen LogP contribution in [0.1, 0.15) is 38.2 Å². The molecule has 0 unspecified atom stereocenters. The maximum Gasteiger partial charge on any atom is 0.243 e. The summed E-state index contributed by atoms with van der Waals surface area (Å²) in [6, 6.07) is 7.34. The maximum absolute atomic E-state index is 12.9. The standard InChI is InChI=1S/C19H28N2O5S/c1-15(2)16-6-4-5-7-17(16)21(27(3,23)24)14-18(22)20-10-8-19(9-11-20)25-12-13-26-19/h4-7,15H,8-14H2,1-3H3. The van der Waals surface area contributed by atoms with Crippen molar-refractivity contribution in [2.45, 2.75) is 38.4 Å². The molecule has 2 fully saturated rings. The summed E-state index contributed by atoms with van der Waals surface area (Å²) in [5.74, 6) is -0.615. The molecule has 0 radical (unpaired) electrons. The van der Waals surface area contributed by atoms with Crippen molar-refractivity contribution in [3.63, 3.8) is 0 Å². The molecule has 1 amide bonds. The summed E-state index contributed by atoms with van der Waals surface area (Å²) in [7, 11) is -3.59. The van der Waals surface area contributed by atoms with Gasteiger partial charge in [0, 0.05) is 25.9 Å². The van der Waals surface area contributed by atoms with Gasteiger partial charge in [0.15, 0.2) is 5.79 Å². The van der Waals surface area contributed by atoms with Gasteiger partial charge >= 0.3 is 0 Å². The van der Waals surface area contributed by atoms with Crippen molar-refractivity contribution in [1.29, 1.82) is 0 Å². The quantitative estimate of drug-likeness (QED) is 0.760. The van der Waals surface area contributed by atoms with Gasteiger partial charge in [-0.1, -0.05) is 32.0 Å². The van der Waals surface area contributed by atoms with Crippen LogP contribution in [0, 0.1) is 0 Å². The van der Waals surface area contributed by atoms with Gasteiger partial charge in [0.25, 0.3) is 0 Å². The van der Waals surface area contributed by atoms with E-state index in [-0.39, 0.29) is 18.4 Å². The van der Waals surface area contributed by atoms with E-state index in [1.165, 1.54) is 4.31 Å². The molecule has 7 nitrogen and oxygen atoms in total. The number of rotatable bonds is 5. The number of carbonyl (C=O) groups excluding carboxylic acids is 1. The molecule has 1 aromatic rings. The Labute approximate surface area is 161 Å². The Morgan fingerprint density at radius 2 is 1.78 bits per heavy atom. The number of amides is 1. The highest BCUT2D eigenvalue weighted by molar-refractivity contribution is 7.92. The van der Waals surface area contributed by atoms with E-state index in [1.807, 2.05) is 26.0 Å². The van der Waals surface area contributed by atoms with Crippen LogP contribution in [0.4, 0.5) is 5.69 Å². The zero-order valence-electron chi connectivity index (χ0n) is 16.2. The van der Waals surface area contributed by atoms with Gasteiger partial charge in [-0.3, -0.25) is 9.10 Å². The Morgan fingerprint density at radius 1 is 1.19 bits per heavy atom. The van der Waals surface area contributed by atoms with Crippen LogP contribution in [-0.4, -0.2) is 64.1 Å². The summed E-state index contributed by atoms with van der Waals surface area (Å²) in [6.45, 7) is 5.99. The van der Waals surface area contributed by atoms with Gasteiger partial charge in [-0.15, -0.1) is 0 Å². The van der Waals surface area contributed by atoms with E-state index in [2.05, 4.69) is 0 Å². The second kappa shape index (κ2) is 7.77. The number of carbonyl (C=O) groups is 1. The van der Waals surface area contributed by atoms with Crippen LogP contribution in [0.25, 0.3) is 0 Å². The summed E-state index contributed by atoms with van der Waals surface area (Å²) in [6.07, 6.45) is 2.36. The van der Waals surface area contributed by atoms with Crippen LogP contribution in [-0.2, 0) is 24.3 Å². The molecule has 2 saturated heterocycles. The molecule has 150 valence electrons. The summed E-state index contributed by atoms with van der Waals surface area (Å²) < 4.78 is 37.5. The number of nitrogens with zero attached hydrogens (tertiary/aromatic N) is 2. The van der Waals surface area contributed by atoms with Crippen molar-refractivity contribution in [1.82, 2.24) is 4.90 Å². The van der Waals surface area contributed by atoms with Crippen LogP contribution < -0.4 is 4.31 Å². The predicted octanol–water partition coefficient (Wildman–Crippen LogP) is 1.94. The Kier molecular flexibility index (Phi) is 5.79. The van der Waals surface area contributed by atoms with Gasteiger partial charge in [-0.25, -0.2) is 8.42 Å². The van der Waals surface area contributed by atoms with Crippen LogP contribution in [0.15, 0.2) is 24.3 Å². The fourth-order valence-electron chi connectivity index (χ4n) is 3.69. The molecule has 2 heterocycles. The fraction of sp³-hybridized carbons (Fsp3) is 0.632. The minimum atomic E-state index is -3.59. The Morgan fingerprint density at radius 3 is 2.33 bits per heavy atom. The Hall–Kier alpha value is -1.64. The normalized spacial score (nSPS) is 19.6. The third-order valence-electron chi connectivity index (χ3n) is 5.20. The van der Waals surface area contributed by atoms with Crippen molar-refractivity contribution >= 4 is 21.6 Å². The summed E-state index contributed by atoms with van der Waals surface area (Å²) >= 11 is 0. The van der Waals surface area contributed by atoms with Gasteiger partial charge in [-0.05, 0) is 17.5 Å². The van der Waals surface area contributed by atoms with Crippen LogP contribution in [0.3, 0.4) is 0 Å². The molecule has 0 aliphatic carbocycles. The average molecular weight is 397 g/mol. The predicted molar refractivity (Wildman–Crippen MR) is 103 cm³/mol. The van der Waals surface area contributed by atoms with Crippen LogP contribution >= 0.6 is 0 Å². The van der Waals surface area contributed by atoms with Crippen molar-refractivity contribution in [3.8, 4) is 0 Å². The lowest BCUT2D eigenvalue weighted by molar-refractivity contribution is -0.187. The minimum Gasteiger partial charge on any atom is -0.347 e. The molecular formula is C19H28N2O5S. The zero-order valence-corrected chi connectivity index (χ0v) is 17.0. The molecule has 2 aliphatic heterocycles. The Balaban J connectivity index is 1.75. The first-order chi connectivity index (χ1) is 12.7. The van der Waals surface area contributed by atoms with Gasteiger partial charge < -0.3 is 14.4 Å². The average Bonchev–Trinajstić information content (AvgIpc) is 3.07. The smallest absolute Gasteiger partial charge is 0.243 e. The molecule has 27 heavy (non-hydrogen) atoms. The molecule has 0 atom stereocenters. The number of hydrogen-bond donors (Lipinski definition) is 0. The fourth-order valence-corrected chi connectivity index (χ4v) is 4.56. The van der Waals surface area contributed by atoms with Crippen molar-refractivity contribution in [2.75, 3.05) is 43.4 Å². The molecule has 1 spiro atoms. The van der Waals surface area contributed by atoms with Gasteiger partial charge in [0.05, 0.1) is 25.2 Å². The molecule has 2 aliphatic rings. The third kappa shape index (κ3) is 4.44. The van der Waals surface area contributed by atoms with Gasteiger partial charge in [0.1, 0.15) is 6.54 Å². The Bertz CT molecular complexity index is 777. The molecule has 8 heteroatoms. The molecular weight excluding hydrogens is 368 g/mol. The number of para-hydroxylation sites is 1. The van der Waals surface area contributed by atoms with Crippen LogP contribution in [0.2, 0.25) is 0 Å². The van der Waals surface area contributed by atoms with E-state index in [9.17, 15) is 13.2 Å². The second-order valence-electron chi connectivity index (χ2n) is 7.47. The third-order valence-corrected chi connectivity index (χ3v) is 6.32. The lowest BCUT2D eigenvalue weighted by atomic mass is 10.0. The van der Waals surface area contributed by atoms with Crippen LogP contribution in [0.5, 0.6) is 0 Å². The highest BCUT2D eigenvalue weighted by Gasteiger charge is 2.41. The van der Waals surface area contributed by atoms with Gasteiger partial charge in [-0.2, -0.15) is 0 Å². The molecule has 1 aromatic carbocycles. The van der Waals surface area contributed by atoms with E-state index in [4.69, 9.17) is 9.47 Å². The number of sulfonamides is 1. The topological polar surface area (TPSA) is 76.2 Å². The van der Waals surface area contributed by atoms with Crippen molar-refractivity contribution in [2.24, 2.45) is 0 Å². The van der Waals surface area contributed by atoms with Crippen molar-refractivity contribution in [3.05, 3.63) is 29.8 Å². The number of ether oxygens (including phenoxy) is 2. The van der Waals surface area contributed by atoms with E-state index in [1.54, 1.807) is 17.0 Å². The molecule has 0 saturated carbocycles. The molecule has 0 N–H and O–H groups in total. The van der Waals surface area contributed by atoms with E-state index in [0.29, 0.717) is 44.8 Å². The monoisotopic (exact) mass is 396 g/mol. The highest BCUT2D eigenvalue weighted by Crippen LogP contribution is 2.32. The van der Waals surface area contributed by atoms with E-state index < -0.39 is 15.8 Å². The zero-order chi connectivity index (χ0) is 19.7. The van der Waals surface area contributed by atoms with E-state index in [0.717, 1.165) is 11.8 Å². The number of piperidine rings is 1. The van der Waals surface area contributed by atoms with Crippen molar-refractivity contribution < 1.29 is 22.7 Å². The summed E-state index contributed by atoms with van der Waals surface area (Å²) in [4.78, 5) is 14.6. The first-order valence-electron chi connectivity index (χ1n) is 9.34. The minimum absolute atomic E-state index is 0.145. The summed E-state index contributed by atoms with van der Waals surface area (Å²) in [5, 5.41) is 0.